The molecular formula is C29H31F3N4O2. The van der Waals surface area contributed by atoms with Crippen molar-refractivity contribution in [3.8, 4) is 17.6 Å². The molecule has 0 aromatic heterocycles. The molecule has 0 spiro atoms. The van der Waals surface area contributed by atoms with Gasteiger partial charge in [-0.15, -0.1) is 0 Å². The maximum absolute atomic E-state index is 14.4. The van der Waals surface area contributed by atoms with E-state index in [0.29, 0.717) is 31.7 Å². The smallest absolute Gasteiger partial charge is 0.166 e. The molecule has 1 aliphatic rings. The van der Waals surface area contributed by atoms with E-state index in [1.165, 1.54) is 30.3 Å². The molecule has 9 heteroatoms. The van der Waals surface area contributed by atoms with Crippen molar-refractivity contribution in [2.45, 2.75) is 12.5 Å². The van der Waals surface area contributed by atoms with Gasteiger partial charge in [-0.3, -0.25) is 9.80 Å². The summed E-state index contributed by atoms with van der Waals surface area (Å²) in [6, 6.07) is 17.5. The topological polar surface area (TPSA) is 63.0 Å². The second-order valence-corrected chi connectivity index (χ2v) is 8.94. The van der Waals surface area contributed by atoms with Crippen molar-refractivity contribution in [1.82, 2.24) is 15.3 Å². The highest BCUT2D eigenvalue weighted by molar-refractivity contribution is 5.39. The van der Waals surface area contributed by atoms with Crippen LogP contribution in [0.4, 0.5) is 13.2 Å². The standard InChI is InChI=1S/C29H31F3N4O2/c30-25-9-5-23(6-10-25)29(24-7-11-26(31)12-8-24)36-17-15-35(16-18-36)19-20-37-28-13-4-22(21-27(28)32)3-1-2-14-34-38-33/h4-13,21,29,34H,2,14-20,33H2. The monoisotopic (exact) mass is 524 g/mol. The molecule has 6 nitrogen and oxygen atoms in total. The molecule has 0 radical (unpaired) electrons. The van der Waals surface area contributed by atoms with Crippen molar-refractivity contribution in [2.24, 2.45) is 5.90 Å². The second-order valence-electron chi connectivity index (χ2n) is 8.94. The number of ether oxygens (including phenoxy) is 1. The Balaban J connectivity index is 1.29. The predicted molar refractivity (Wildman–Crippen MR) is 139 cm³/mol. The molecule has 0 saturated carbocycles. The quantitative estimate of drug-likeness (QED) is 0.237. The molecule has 3 N–H and O–H groups in total. The Hall–Kier alpha value is -3.39. The van der Waals surface area contributed by atoms with Gasteiger partial charge in [-0.2, -0.15) is 11.4 Å². The van der Waals surface area contributed by atoms with Crippen LogP contribution in [-0.4, -0.2) is 55.7 Å². The number of hydrogen-bond acceptors (Lipinski definition) is 6. The van der Waals surface area contributed by atoms with Gasteiger partial charge in [0, 0.05) is 51.3 Å². The van der Waals surface area contributed by atoms with E-state index in [9.17, 15) is 13.2 Å². The number of hydroxylamine groups is 1. The third-order valence-electron chi connectivity index (χ3n) is 6.41. The Kier molecular flexibility index (Phi) is 10.1. The highest BCUT2D eigenvalue weighted by Crippen LogP contribution is 2.30. The summed E-state index contributed by atoms with van der Waals surface area (Å²) in [5.41, 5.74) is 4.96. The second kappa shape index (κ2) is 14.0. The Morgan fingerprint density at radius 3 is 2.08 bits per heavy atom. The van der Waals surface area contributed by atoms with Crippen LogP contribution in [0.5, 0.6) is 5.75 Å². The van der Waals surface area contributed by atoms with Crippen molar-refractivity contribution in [3.05, 3.63) is 101 Å². The van der Waals surface area contributed by atoms with E-state index < -0.39 is 5.82 Å². The van der Waals surface area contributed by atoms with Crippen molar-refractivity contribution in [1.29, 1.82) is 0 Å². The van der Waals surface area contributed by atoms with E-state index in [-0.39, 0.29) is 23.4 Å². The first kappa shape index (κ1) is 27.6. The molecular weight excluding hydrogens is 493 g/mol. The lowest BCUT2D eigenvalue weighted by Crippen LogP contribution is -2.48. The van der Waals surface area contributed by atoms with E-state index in [2.05, 4.69) is 32.1 Å². The minimum atomic E-state index is -0.452. The fourth-order valence-corrected chi connectivity index (χ4v) is 4.47. The van der Waals surface area contributed by atoms with Crippen LogP contribution in [0.15, 0.2) is 66.7 Å². The summed E-state index contributed by atoms with van der Waals surface area (Å²) in [5, 5.41) is 0. The Labute approximate surface area is 221 Å². The van der Waals surface area contributed by atoms with Gasteiger partial charge in [0.05, 0.1) is 6.04 Å². The van der Waals surface area contributed by atoms with E-state index in [1.807, 2.05) is 0 Å². The summed E-state index contributed by atoms with van der Waals surface area (Å²) in [5.74, 6) is 9.83. The maximum atomic E-state index is 14.4. The van der Waals surface area contributed by atoms with Crippen molar-refractivity contribution in [2.75, 3.05) is 45.9 Å². The largest absolute Gasteiger partial charge is 0.489 e. The molecule has 0 atom stereocenters. The highest BCUT2D eigenvalue weighted by Gasteiger charge is 2.26. The van der Waals surface area contributed by atoms with Crippen LogP contribution in [0.3, 0.4) is 0 Å². The molecule has 0 amide bonds. The first-order valence-electron chi connectivity index (χ1n) is 12.5. The fraction of sp³-hybridized carbons (Fsp3) is 0.310. The van der Waals surface area contributed by atoms with Gasteiger partial charge in [0.2, 0.25) is 0 Å². The lowest BCUT2D eigenvalue weighted by atomic mass is 9.96. The zero-order chi connectivity index (χ0) is 26.7. The molecule has 3 aromatic carbocycles. The summed E-state index contributed by atoms with van der Waals surface area (Å²) >= 11 is 0. The average Bonchev–Trinajstić information content (AvgIpc) is 2.93. The van der Waals surface area contributed by atoms with Crippen LogP contribution in [0.25, 0.3) is 0 Å². The van der Waals surface area contributed by atoms with E-state index in [1.54, 1.807) is 36.4 Å². The van der Waals surface area contributed by atoms with Crippen molar-refractivity contribution < 1.29 is 22.8 Å². The SMILES string of the molecule is NONCCC#Cc1ccc(OCCN2CCN(C(c3ccc(F)cc3)c3ccc(F)cc3)CC2)c(F)c1. The first-order valence-corrected chi connectivity index (χ1v) is 12.5. The summed E-state index contributed by atoms with van der Waals surface area (Å²) in [6.45, 7) is 4.62. The minimum absolute atomic E-state index is 0.101. The van der Waals surface area contributed by atoms with Crippen LogP contribution in [0, 0.1) is 29.3 Å². The molecule has 1 heterocycles. The summed E-state index contributed by atoms with van der Waals surface area (Å²) < 4.78 is 47.2. The Morgan fingerprint density at radius 1 is 0.868 bits per heavy atom. The van der Waals surface area contributed by atoms with Crippen LogP contribution in [0.2, 0.25) is 0 Å². The molecule has 4 rings (SSSR count). The number of benzene rings is 3. The van der Waals surface area contributed by atoms with Crippen LogP contribution in [0.1, 0.15) is 29.2 Å². The molecule has 3 aromatic rings. The number of nitrogens with one attached hydrogen (secondary N) is 1. The third kappa shape index (κ3) is 7.81. The summed E-state index contributed by atoms with van der Waals surface area (Å²) in [6.07, 6.45) is 0.513. The number of nitrogens with two attached hydrogens (primary N) is 1. The van der Waals surface area contributed by atoms with Gasteiger partial charge in [-0.05, 0) is 53.6 Å². The number of halogens is 3. The molecule has 200 valence electrons. The molecule has 0 aliphatic carbocycles. The maximum Gasteiger partial charge on any atom is 0.166 e. The molecule has 1 saturated heterocycles. The lowest BCUT2D eigenvalue weighted by molar-refractivity contribution is 0.0425. The third-order valence-corrected chi connectivity index (χ3v) is 6.41. The van der Waals surface area contributed by atoms with Gasteiger partial charge < -0.3 is 4.74 Å². The fourth-order valence-electron chi connectivity index (χ4n) is 4.47. The number of rotatable bonds is 10. The van der Waals surface area contributed by atoms with E-state index >= 15 is 0 Å². The Bertz CT molecular complexity index is 1180. The van der Waals surface area contributed by atoms with Gasteiger partial charge in [0.15, 0.2) is 11.6 Å². The first-order chi connectivity index (χ1) is 18.5. The van der Waals surface area contributed by atoms with Gasteiger partial charge in [-0.25, -0.2) is 18.1 Å². The highest BCUT2D eigenvalue weighted by atomic mass is 19.1. The number of nitrogens with zero attached hydrogens (tertiary/aromatic N) is 2. The zero-order valence-corrected chi connectivity index (χ0v) is 21.0. The van der Waals surface area contributed by atoms with Gasteiger partial charge in [0.1, 0.15) is 18.2 Å². The predicted octanol–water partition coefficient (Wildman–Crippen LogP) is 4.03. The molecule has 1 fully saturated rings. The molecule has 0 unspecified atom stereocenters. The van der Waals surface area contributed by atoms with Crippen LogP contribution in [-0.2, 0) is 4.94 Å². The van der Waals surface area contributed by atoms with Gasteiger partial charge in [-0.1, -0.05) is 36.1 Å². The Morgan fingerprint density at radius 2 is 1.50 bits per heavy atom. The lowest BCUT2D eigenvalue weighted by Gasteiger charge is -2.39. The number of piperazine rings is 1. The summed E-state index contributed by atoms with van der Waals surface area (Å²) in [4.78, 5) is 8.83. The van der Waals surface area contributed by atoms with Gasteiger partial charge >= 0.3 is 0 Å². The molecule has 1 aliphatic heterocycles. The summed E-state index contributed by atoms with van der Waals surface area (Å²) in [7, 11) is 0. The van der Waals surface area contributed by atoms with Crippen molar-refractivity contribution in [3.63, 3.8) is 0 Å². The average molecular weight is 525 g/mol. The van der Waals surface area contributed by atoms with Gasteiger partial charge in [0.25, 0.3) is 0 Å². The van der Waals surface area contributed by atoms with Crippen LogP contribution >= 0.6 is 0 Å². The minimum Gasteiger partial charge on any atom is -0.489 e. The van der Waals surface area contributed by atoms with Crippen molar-refractivity contribution >= 4 is 0 Å². The molecule has 0 bridgehead atoms. The van der Waals surface area contributed by atoms with Crippen LogP contribution < -0.4 is 16.1 Å². The molecule has 38 heavy (non-hydrogen) atoms. The normalized spacial score (nSPS) is 14.3. The zero-order valence-electron chi connectivity index (χ0n) is 21.0. The van der Waals surface area contributed by atoms with E-state index in [4.69, 9.17) is 10.6 Å². The van der Waals surface area contributed by atoms with E-state index in [0.717, 1.165) is 37.3 Å². The number of hydrogen-bond donors (Lipinski definition) is 2.